The number of anilines is 1. The number of hydrogen-bond donors (Lipinski definition) is 2. The number of carbonyl (C=O) groups is 3. The summed E-state index contributed by atoms with van der Waals surface area (Å²) in [5, 5.41) is 18.4. The first-order valence-electron chi connectivity index (χ1n) is 7.16. The molecule has 7 nitrogen and oxygen atoms in total. The maximum absolute atomic E-state index is 12.7. The van der Waals surface area contributed by atoms with Gasteiger partial charge in [-0.3, -0.25) is 14.7 Å². The summed E-state index contributed by atoms with van der Waals surface area (Å²) in [6.07, 6.45) is 4.80. The van der Waals surface area contributed by atoms with Crippen LogP contribution in [0.2, 0.25) is 0 Å². The van der Waals surface area contributed by atoms with Crippen LogP contribution < -0.4 is 4.90 Å². The van der Waals surface area contributed by atoms with E-state index in [4.69, 9.17) is 12.2 Å². The fraction of sp³-hybridized carbons (Fsp3) is 0. The van der Waals surface area contributed by atoms with Gasteiger partial charge in [-0.05, 0) is 35.9 Å². The van der Waals surface area contributed by atoms with E-state index in [0.717, 1.165) is 22.7 Å². The molecule has 0 atom stereocenters. The normalized spacial score (nSPS) is 15.5. The lowest BCUT2D eigenvalue weighted by atomic mass is 10.1. The average molecular weight is 386 g/mol. The van der Waals surface area contributed by atoms with Gasteiger partial charge in [-0.2, -0.15) is 0 Å². The number of benzene rings is 1. The Morgan fingerprint density at radius 2 is 1.81 bits per heavy atom. The number of carboxylic acid groups (broad SMARTS) is 2. The van der Waals surface area contributed by atoms with Crippen molar-refractivity contribution in [3.63, 3.8) is 0 Å². The van der Waals surface area contributed by atoms with E-state index < -0.39 is 17.8 Å². The molecule has 1 amide bonds. The molecule has 1 fully saturated rings. The van der Waals surface area contributed by atoms with E-state index >= 15 is 0 Å². The molecular formula is C17H10N2O5S2. The predicted molar refractivity (Wildman–Crippen MR) is 100 cm³/mol. The first kappa shape index (κ1) is 17.8. The van der Waals surface area contributed by atoms with E-state index in [1.807, 2.05) is 0 Å². The van der Waals surface area contributed by atoms with Crippen molar-refractivity contribution in [3.8, 4) is 0 Å². The van der Waals surface area contributed by atoms with Crippen LogP contribution in [0.3, 0.4) is 0 Å². The number of nitrogens with zero attached hydrogens (tertiary/aromatic N) is 2. The fourth-order valence-corrected chi connectivity index (χ4v) is 3.59. The summed E-state index contributed by atoms with van der Waals surface area (Å²) in [6, 6.07) is 6.95. The molecule has 1 aromatic carbocycles. The van der Waals surface area contributed by atoms with E-state index in [0.29, 0.717) is 10.5 Å². The molecule has 0 unspecified atom stereocenters. The molecular weight excluding hydrogens is 376 g/mol. The van der Waals surface area contributed by atoms with Crippen molar-refractivity contribution in [3.05, 3.63) is 64.3 Å². The van der Waals surface area contributed by atoms with Crippen molar-refractivity contribution in [1.29, 1.82) is 0 Å². The third kappa shape index (κ3) is 3.48. The first-order valence-corrected chi connectivity index (χ1v) is 8.39. The lowest BCUT2D eigenvalue weighted by Crippen LogP contribution is -2.28. The largest absolute Gasteiger partial charge is 0.478 e. The summed E-state index contributed by atoms with van der Waals surface area (Å²) in [4.78, 5) is 40.7. The molecule has 0 radical (unpaired) electrons. The Kier molecular flexibility index (Phi) is 4.83. The Morgan fingerprint density at radius 1 is 1.15 bits per heavy atom. The third-order valence-electron chi connectivity index (χ3n) is 3.45. The highest BCUT2D eigenvalue weighted by Crippen LogP contribution is 2.36. The monoisotopic (exact) mass is 386 g/mol. The summed E-state index contributed by atoms with van der Waals surface area (Å²) in [7, 11) is 0. The summed E-state index contributed by atoms with van der Waals surface area (Å²) >= 11 is 6.27. The zero-order valence-corrected chi connectivity index (χ0v) is 14.6. The molecule has 2 aromatic rings. The molecule has 0 spiro atoms. The average Bonchev–Trinajstić information content (AvgIpc) is 2.89. The maximum atomic E-state index is 12.7. The second-order valence-corrected chi connectivity index (χ2v) is 6.86. The van der Waals surface area contributed by atoms with Gasteiger partial charge in [-0.15, -0.1) is 0 Å². The van der Waals surface area contributed by atoms with Crippen molar-refractivity contribution in [2.24, 2.45) is 0 Å². The van der Waals surface area contributed by atoms with Gasteiger partial charge in [0.25, 0.3) is 5.91 Å². The molecule has 9 heteroatoms. The van der Waals surface area contributed by atoms with Crippen molar-refractivity contribution < 1.29 is 24.6 Å². The maximum Gasteiger partial charge on any atom is 0.335 e. The van der Waals surface area contributed by atoms with Crippen LogP contribution in [0.25, 0.3) is 6.08 Å². The van der Waals surface area contributed by atoms with Gasteiger partial charge < -0.3 is 10.2 Å². The molecule has 1 saturated heterocycles. The van der Waals surface area contributed by atoms with Gasteiger partial charge >= 0.3 is 11.9 Å². The van der Waals surface area contributed by atoms with Gasteiger partial charge in [0.05, 0.1) is 21.7 Å². The number of amides is 1. The zero-order chi connectivity index (χ0) is 18.8. The SMILES string of the molecule is O=C(O)c1cc(C(=O)O)cc(N2C(=O)/C(=C\c3cccnc3)SC2=S)c1. The molecule has 3 rings (SSSR count). The van der Waals surface area contributed by atoms with E-state index in [-0.39, 0.29) is 21.1 Å². The summed E-state index contributed by atoms with van der Waals surface area (Å²) in [5.41, 5.74) is 0.313. The fourth-order valence-electron chi connectivity index (χ4n) is 2.29. The Bertz CT molecular complexity index is 940. The molecule has 26 heavy (non-hydrogen) atoms. The minimum Gasteiger partial charge on any atom is -0.478 e. The number of hydrogen-bond acceptors (Lipinski definition) is 6. The van der Waals surface area contributed by atoms with Crippen LogP contribution in [-0.4, -0.2) is 37.4 Å². The molecule has 1 aliphatic heterocycles. The predicted octanol–water partition coefficient (Wildman–Crippen LogP) is 2.88. The number of thioether (sulfide) groups is 1. The van der Waals surface area contributed by atoms with Crippen LogP contribution in [0.4, 0.5) is 5.69 Å². The lowest BCUT2D eigenvalue weighted by molar-refractivity contribution is -0.113. The van der Waals surface area contributed by atoms with Crippen LogP contribution in [0.5, 0.6) is 0 Å². The zero-order valence-electron chi connectivity index (χ0n) is 12.9. The van der Waals surface area contributed by atoms with Crippen LogP contribution >= 0.6 is 24.0 Å². The van der Waals surface area contributed by atoms with E-state index in [9.17, 15) is 24.6 Å². The second kappa shape index (κ2) is 7.06. The number of carbonyl (C=O) groups excluding carboxylic acids is 1. The number of carboxylic acids is 2. The van der Waals surface area contributed by atoms with Gasteiger partial charge in [-0.1, -0.05) is 30.0 Å². The summed E-state index contributed by atoms with van der Waals surface area (Å²) in [6.45, 7) is 0. The summed E-state index contributed by atoms with van der Waals surface area (Å²) in [5.74, 6) is -3.06. The lowest BCUT2D eigenvalue weighted by Gasteiger charge is -2.16. The van der Waals surface area contributed by atoms with Crippen LogP contribution in [-0.2, 0) is 4.79 Å². The third-order valence-corrected chi connectivity index (χ3v) is 4.75. The highest BCUT2D eigenvalue weighted by Gasteiger charge is 2.34. The van der Waals surface area contributed by atoms with Gasteiger partial charge in [0.1, 0.15) is 0 Å². The van der Waals surface area contributed by atoms with Gasteiger partial charge in [-0.25, -0.2) is 9.59 Å². The molecule has 0 aliphatic carbocycles. The molecule has 0 bridgehead atoms. The standard InChI is InChI=1S/C17H10N2O5S2/c20-14-13(4-9-2-1-3-18-8-9)26-17(25)19(14)12-6-10(15(21)22)5-11(7-12)16(23)24/h1-8H,(H,21,22)(H,23,24)/b13-4+. The number of aromatic nitrogens is 1. The number of thiocarbonyl (C=S) groups is 1. The molecule has 2 heterocycles. The van der Waals surface area contributed by atoms with Gasteiger partial charge in [0.15, 0.2) is 4.32 Å². The second-order valence-electron chi connectivity index (χ2n) is 5.18. The molecule has 1 aliphatic rings. The highest BCUT2D eigenvalue weighted by atomic mass is 32.2. The minimum absolute atomic E-state index is 0.0967. The van der Waals surface area contributed by atoms with Crippen LogP contribution in [0, 0.1) is 0 Å². The quantitative estimate of drug-likeness (QED) is 0.610. The van der Waals surface area contributed by atoms with Gasteiger partial charge in [0.2, 0.25) is 0 Å². The topological polar surface area (TPSA) is 108 Å². The highest BCUT2D eigenvalue weighted by molar-refractivity contribution is 8.27. The van der Waals surface area contributed by atoms with Gasteiger partial charge in [0, 0.05) is 12.4 Å². The Hall–Kier alpha value is -3.04. The minimum atomic E-state index is -1.30. The van der Waals surface area contributed by atoms with Crippen molar-refractivity contribution in [2.45, 2.75) is 0 Å². The smallest absolute Gasteiger partial charge is 0.335 e. The van der Waals surface area contributed by atoms with E-state index in [1.54, 1.807) is 30.6 Å². The van der Waals surface area contributed by atoms with Crippen molar-refractivity contribution >= 4 is 57.9 Å². The van der Waals surface area contributed by atoms with E-state index in [1.165, 1.54) is 12.1 Å². The van der Waals surface area contributed by atoms with E-state index in [2.05, 4.69) is 4.98 Å². The number of rotatable bonds is 4. The van der Waals surface area contributed by atoms with Crippen LogP contribution in [0.1, 0.15) is 26.3 Å². The number of pyridine rings is 1. The number of aromatic carboxylic acids is 2. The summed E-state index contributed by atoms with van der Waals surface area (Å²) < 4.78 is 0.184. The Balaban J connectivity index is 2.03. The molecule has 130 valence electrons. The van der Waals surface area contributed by atoms with Crippen molar-refractivity contribution in [1.82, 2.24) is 4.98 Å². The Labute approximate surface area is 157 Å². The molecule has 2 N–H and O–H groups in total. The molecule has 1 aromatic heterocycles. The van der Waals surface area contributed by atoms with Crippen LogP contribution in [0.15, 0.2) is 47.6 Å². The first-order chi connectivity index (χ1) is 12.4. The van der Waals surface area contributed by atoms with Crippen molar-refractivity contribution in [2.75, 3.05) is 4.90 Å². The molecule has 0 saturated carbocycles. The Morgan fingerprint density at radius 3 is 2.35 bits per heavy atom.